The first-order valence-electron chi connectivity index (χ1n) is 6.91. The Morgan fingerprint density at radius 3 is 2.52 bits per heavy atom. The van der Waals surface area contributed by atoms with Gasteiger partial charge in [-0.1, -0.05) is 48.0 Å². The van der Waals surface area contributed by atoms with E-state index < -0.39 is 6.17 Å². The summed E-state index contributed by atoms with van der Waals surface area (Å²) in [6.45, 7) is 2.05. The zero-order chi connectivity index (χ0) is 14.8. The highest BCUT2D eigenvalue weighted by molar-refractivity contribution is 6.19. The zero-order valence-electron chi connectivity index (χ0n) is 12.1. The van der Waals surface area contributed by atoms with Gasteiger partial charge in [-0.15, -0.1) is 0 Å². The second-order valence-electron chi connectivity index (χ2n) is 5.07. The molecule has 0 aromatic heterocycles. The Morgan fingerprint density at radius 2 is 1.81 bits per heavy atom. The first-order chi connectivity index (χ1) is 10.2. The van der Waals surface area contributed by atoms with Crippen LogP contribution in [0, 0.1) is 6.92 Å². The van der Waals surface area contributed by atoms with Crippen LogP contribution in [-0.2, 0) is 4.79 Å². The van der Waals surface area contributed by atoms with Crippen molar-refractivity contribution in [3.8, 4) is 0 Å². The molecule has 0 aliphatic carbocycles. The first kappa shape index (κ1) is 13.5. The van der Waals surface area contributed by atoms with Crippen LogP contribution in [0.5, 0.6) is 0 Å². The molecule has 1 aliphatic rings. The molecule has 1 unspecified atom stereocenters. The van der Waals surface area contributed by atoms with Crippen molar-refractivity contribution in [3.63, 3.8) is 0 Å². The molecule has 0 bridgehead atoms. The molecule has 2 N–H and O–H groups in total. The van der Waals surface area contributed by atoms with E-state index in [-0.39, 0.29) is 5.91 Å². The largest absolute Gasteiger partial charge is 0.322 e. The molecular weight excluding hydrogens is 262 g/mol. The maximum Gasteiger partial charge on any atom is 0.263 e. The fraction of sp³-hybridized carbons (Fsp3) is 0.176. The van der Waals surface area contributed by atoms with Crippen LogP contribution in [0.1, 0.15) is 16.7 Å². The lowest BCUT2D eigenvalue weighted by Crippen LogP contribution is -2.36. The molecule has 1 aliphatic heterocycles. The van der Waals surface area contributed by atoms with Gasteiger partial charge in [0, 0.05) is 11.1 Å². The van der Waals surface area contributed by atoms with E-state index in [9.17, 15) is 4.79 Å². The summed E-state index contributed by atoms with van der Waals surface area (Å²) in [4.78, 5) is 16.8. The number of amides is 1. The Morgan fingerprint density at radius 1 is 1.10 bits per heavy atom. The average Bonchev–Trinajstić information content (AvgIpc) is 2.64. The predicted octanol–water partition coefficient (Wildman–Crippen LogP) is 2.33. The molecule has 0 radical (unpaired) electrons. The number of anilines is 1. The average molecular weight is 279 g/mol. The summed E-state index contributed by atoms with van der Waals surface area (Å²) < 4.78 is 0. The topological polar surface area (TPSA) is 53.5 Å². The third-order valence-electron chi connectivity index (χ3n) is 3.55. The number of fused-ring (bicyclic) bond motifs is 1. The second kappa shape index (κ2) is 5.50. The van der Waals surface area contributed by atoms with Crippen LogP contribution < -0.4 is 10.6 Å². The molecule has 0 spiro atoms. The van der Waals surface area contributed by atoms with E-state index >= 15 is 0 Å². The number of nitrogens with zero attached hydrogens (tertiary/aromatic N) is 1. The van der Waals surface area contributed by atoms with Gasteiger partial charge < -0.3 is 5.32 Å². The standard InChI is InChI=1S/C17H17N3O/c1-11-7-9-12(10-8-11)15-13-5-3-4-6-14(13)19-17(21)16(18-2)20-15/h3-10,16,18H,1-2H3,(H,19,21). The van der Waals surface area contributed by atoms with Crippen molar-refractivity contribution in [1.82, 2.24) is 5.32 Å². The van der Waals surface area contributed by atoms with Crippen molar-refractivity contribution < 1.29 is 4.79 Å². The second-order valence-corrected chi connectivity index (χ2v) is 5.07. The molecule has 0 fully saturated rings. The van der Waals surface area contributed by atoms with Crippen LogP contribution >= 0.6 is 0 Å². The number of aliphatic imine (C=N–C) groups is 1. The summed E-state index contributed by atoms with van der Waals surface area (Å²) in [6.07, 6.45) is -0.589. The minimum atomic E-state index is -0.589. The van der Waals surface area contributed by atoms with Crippen LogP contribution in [0.25, 0.3) is 0 Å². The van der Waals surface area contributed by atoms with Gasteiger partial charge in [0.2, 0.25) is 0 Å². The lowest BCUT2D eigenvalue weighted by Gasteiger charge is -2.10. The van der Waals surface area contributed by atoms with Crippen LogP contribution in [0.4, 0.5) is 5.69 Å². The fourth-order valence-corrected chi connectivity index (χ4v) is 2.39. The number of hydrogen-bond acceptors (Lipinski definition) is 3. The molecule has 1 amide bonds. The summed E-state index contributed by atoms with van der Waals surface area (Å²) in [7, 11) is 1.73. The van der Waals surface area contributed by atoms with Crippen molar-refractivity contribution in [2.75, 3.05) is 12.4 Å². The summed E-state index contributed by atoms with van der Waals surface area (Å²) in [6, 6.07) is 15.9. The van der Waals surface area contributed by atoms with E-state index in [2.05, 4.69) is 27.8 Å². The fourth-order valence-electron chi connectivity index (χ4n) is 2.39. The lowest BCUT2D eigenvalue weighted by molar-refractivity contribution is -0.117. The zero-order valence-corrected chi connectivity index (χ0v) is 12.1. The minimum Gasteiger partial charge on any atom is -0.322 e. The number of aryl methyl sites for hydroxylation is 1. The summed E-state index contributed by atoms with van der Waals surface area (Å²) in [5.41, 5.74) is 4.75. The van der Waals surface area contributed by atoms with E-state index in [1.54, 1.807) is 7.05 Å². The number of benzene rings is 2. The van der Waals surface area contributed by atoms with Crippen molar-refractivity contribution in [2.45, 2.75) is 13.1 Å². The van der Waals surface area contributed by atoms with Crippen molar-refractivity contribution in [1.29, 1.82) is 0 Å². The third-order valence-corrected chi connectivity index (χ3v) is 3.55. The number of likely N-dealkylation sites (N-methyl/N-ethyl adjacent to an activating group) is 1. The van der Waals surface area contributed by atoms with Crippen molar-refractivity contribution in [3.05, 3.63) is 65.2 Å². The van der Waals surface area contributed by atoms with Gasteiger partial charge >= 0.3 is 0 Å². The van der Waals surface area contributed by atoms with Gasteiger partial charge in [-0.25, -0.2) is 0 Å². The molecule has 1 heterocycles. The molecule has 106 valence electrons. The normalized spacial score (nSPS) is 17.5. The van der Waals surface area contributed by atoms with Crippen molar-refractivity contribution in [2.24, 2.45) is 4.99 Å². The first-order valence-corrected chi connectivity index (χ1v) is 6.91. The lowest BCUT2D eigenvalue weighted by atomic mass is 10.00. The van der Waals surface area contributed by atoms with E-state index in [0.717, 1.165) is 22.5 Å². The Hall–Kier alpha value is -2.46. The number of benzodiazepines with no additional fused rings is 1. The molecule has 2 aromatic rings. The molecule has 3 rings (SSSR count). The summed E-state index contributed by atoms with van der Waals surface area (Å²) in [5, 5.41) is 5.86. The smallest absolute Gasteiger partial charge is 0.263 e. The number of carbonyl (C=O) groups is 1. The molecule has 4 nitrogen and oxygen atoms in total. The molecule has 0 saturated heterocycles. The van der Waals surface area contributed by atoms with E-state index in [4.69, 9.17) is 0 Å². The van der Waals surface area contributed by atoms with Crippen LogP contribution in [0.15, 0.2) is 53.5 Å². The van der Waals surface area contributed by atoms with Gasteiger partial charge in [0.25, 0.3) is 5.91 Å². The van der Waals surface area contributed by atoms with Gasteiger partial charge in [0.15, 0.2) is 6.17 Å². The molecular formula is C17H17N3O. The summed E-state index contributed by atoms with van der Waals surface area (Å²) in [5.74, 6) is -0.146. The highest BCUT2D eigenvalue weighted by atomic mass is 16.2. The molecule has 0 saturated carbocycles. The molecule has 1 atom stereocenters. The highest BCUT2D eigenvalue weighted by Gasteiger charge is 2.24. The Bertz CT molecular complexity index is 704. The van der Waals surface area contributed by atoms with Crippen LogP contribution in [-0.4, -0.2) is 24.8 Å². The van der Waals surface area contributed by atoms with Crippen LogP contribution in [0.3, 0.4) is 0 Å². The quantitative estimate of drug-likeness (QED) is 0.886. The number of hydrogen-bond donors (Lipinski definition) is 2. The van der Waals surface area contributed by atoms with Gasteiger partial charge in [0.1, 0.15) is 0 Å². The van der Waals surface area contributed by atoms with Crippen molar-refractivity contribution >= 4 is 17.3 Å². The molecule has 21 heavy (non-hydrogen) atoms. The monoisotopic (exact) mass is 279 g/mol. The van der Waals surface area contributed by atoms with Gasteiger partial charge in [-0.05, 0) is 20.0 Å². The van der Waals surface area contributed by atoms with Gasteiger partial charge in [-0.2, -0.15) is 0 Å². The summed E-state index contributed by atoms with van der Waals surface area (Å²) >= 11 is 0. The minimum absolute atomic E-state index is 0.146. The number of nitrogens with one attached hydrogen (secondary N) is 2. The van der Waals surface area contributed by atoms with Crippen LogP contribution in [0.2, 0.25) is 0 Å². The highest BCUT2D eigenvalue weighted by Crippen LogP contribution is 2.23. The van der Waals surface area contributed by atoms with Gasteiger partial charge in [0.05, 0.1) is 11.4 Å². The number of carbonyl (C=O) groups excluding carboxylic acids is 1. The Balaban J connectivity index is 2.18. The number of rotatable bonds is 2. The Kier molecular flexibility index (Phi) is 3.54. The maximum atomic E-state index is 12.2. The Labute approximate surface area is 123 Å². The SMILES string of the molecule is CNC1N=C(c2ccc(C)cc2)c2ccccc2NC1=O. The predicted molar refractivity (Wildman–Crippen MR) is 84.7 cm³/mol. The third kappa shape index (κ3) is 2.58. The van der Waals surface area contributed by atoms with E-state index in [1.165, 1.54) is 5.56 Å². The molecule has 4 heteroatoms. The van der Waals surface area contributed by atoms with Gasteiger partial charge in [-0.3, -0.25) is 15.1 Å². The maximum absolute atomic E-state index is 12.2. The molecule has 2 aromatic carbocycles. The van der Waals surface area contributed by atoms with E-state index in [0.29, 0.717) is 0 Å². The van der Waals surface area contributed by atoms with E-state index in [1.807, 2.05) is 43.3 Å². The number of para-hydroxylation sites is 1.